The van der Waals surface area contributed by atoms with Crippen molar-refractivity contribution in [3.63, 3.8) is 0 Å². The molecule has 1 aliphatic rings. The molecule has 0 saturated carbocycles. The lowest BCUT2D eigenvalue weighted by Crippen LogP contribution is -2.40. The second-order valence-electron chi connectivity index (χ2n) is 4.92. The van der Waals surface area contributed by atoms with Gasteiger partial charge in [-0.15, -0.1) is 0 Å². The molecule has 2 rings (SSSR count). The van der Waals surface area contributed by atoms with E-state index in [2.05, 4.69) is 6.58 Å². The van der Waals surface area contributed by atoms with Crippen LogP contribution in [0.5, 0.6) is 0 Å². The van der Waals surface area contributed by atoms with Gasteiger partial charge in [-0.1, -0.05) is 36.9 Å². The summed E-state index contributed by atoms with van der Waals surface area (Å²) in [6.45, 7) is 3.62. The third-order valence-corrected chi connectivity index (χ3v) is 3.71. The molecule has 0 amide bonds. The Labute approximate surface area is 115 Å². The zero-order valence-corrected chi connectivity index (χ0v) is 10.9. The molecule has 1 aromatic carbocycles. The topological polar surface area (TPSA) is 26.3 Å². The Bertz CT molecular complexity index is 508. The third kappa shape index (κ3) is 2.71. The third-order valence-electron chi connectivity index (χ3n) is 3.71. The van der Waals surface area contributed by atoms with Crippen molar-refractivity contribution in [2.45, 2.75) is 25.4 Å². The monoisotopic (exact) mass is 284 g/mol. The van der Waals surface area contributed by atoms with Crippen molar-refractivity contribution < 1.29 is 22.7 Å². The van der Waals surface area contributed by atoms with E-state index >= 15 is 0 Å². The minimum absolute atomic E-state index is 0.0387. The van der Waals surface area contributed by atoms with Crippen LogP contribution in [0.4, 0.5) is 13.2 Å². The number of allylic oxidation sites excluding steroid dienone is 1. The number of aryl methyl sites for hydroxylation is 1. The molecule has 0 spiro atoms. The SMILES string of the molecule is C=C1OCCC1(CCc1ccccc1)C(=O)C(F)(F)F. The van der Waals surface area contributed by atoms with E-state index in [4.69, 9.17) is 4.74 Å². The first-order valence-electron chi connectivity index (χ1n) is 6.34. The van der Waals surface area contributed by atoms with Gasteiger partial charge in [0.15, 0.2) is 0 Å². The van der Waals surface area contributed by atoms with Gasteiger partial charge >= 0.3 is 6.18 Å². The van der Waals surface area contributed by atoms with Gasteiger partial charge in [-0.25, -0.2) is 0 Å². The van der Waals surface area contributed by atoms with Crippen LogP contribution in [0.3, 0.4) is 0 Å². The number of hydrogen-bond acceptors (Lipinski definition) is 2. The molecule has 1 atom stereocenters. The summed E-state index contributed by atoms with van der Waals surface area (Å²) >= 11 is 0. The van der Waals surface area contributed by atoms with E-state index in [9.17, 15) is 18.0 Å². The first kappa shape index (κ1) is 14.6. The van der Waals surface area contributed by atoms with Crippen LogP contribution in [0, 0.1) is 5.41 Å². The number of rotatable bonds is 4. The van der Waals surface area contributed by atoms with Crippen LogP contribution in [0.1, 0.15) is 18.4 Å². The lowest BCUT2D eigenvalue weighted by Gasteiger charge is -2.27. The highest BCUT2D eigenvalue weighted by atomic mass is 19.4. The van der Waals surface area contributed by atoms with Crippen molar-refractivity contribution in [3.8, 4) is 0 Å². The van der Waals surface area contributed by atoms with Gasteiger partial charge in [0.2, 0.25) is 5.78 Å². The Balaban J connectivity index is 2.21. The number of ether oxygens (including phenoxy) is 1. The first-order chi connectivity index (χ1) is 9.36. The van der Waals surface area contributed by atoms with E-state index in [0.29, 0.717) is 6.42 Å². The predicted octanol–water partition coefficient (Wildman–Crippen LogP) is 3.67. The van der Waals surface area contributed by atoms with Crippen LogP contribution in [0.2, 0.25) is 0 Å². The normalized spacial score (nSPS) is 22.6. The molecule has 1 unspecified atom stereocenters. The van der Waals surface area contributed by atoms with Crippen molar-refractivity contribution in [1.82, 2.24) is 0 Å². The molecule has 0 radical (unpaired) electrons. The standard InChI is InChI=1S/C15H15F3O2/c1-11-14(9-10-20-11,13(19)15(16,17)18)8-7-12-5-3-2-4-6-12/h2-6H,1,7-10H2. The summed E-state index contributed by atoms with van der Waals surface area (Å²) in [7, 11) is 0. The molecule has 20 heavy (non-hydrogen) atoms. The summed E-state index contributed by atoms with van der Waals surface area (Å²) in [5.41, 5.74) is -0.741. The number of ketones is 1. The van der Waals surface area contributed by atoms with Gasteiger partial charge in [-0.2, -0.15) is 13.2 Å². The fourth-order valence-electron chi connectivity index (χ4n) is 2.52. The average Bonchev–Trinajstić information content (AvgIpc) is 2.78. The fraction of sp³-hybridized carbons (Fsp3) is 0.400. The van der Waals surface area contributed by atoms with E-state index in [0.717, 1.165) is 5.56 Å². The van der Waals surface area contributed by atoms with Crippen LogP contribution >= 0.6 is 0 Å². The second-order valence-corrected chi connectivity index (χ2v) is 4.92. The summed E-state index contributed by atoms with van der Waals surface area (Å²) in [4.78, 5) is 11.8. The van der Waals surface area contributed by atoms with Crippen molar-refractivity contribution in [3.05, 3.63) is 48.2 Å². The number of halogens is 3. The highest BCUT2D eigenvalue weighted by molar-refractivity contribution is 5.92. The van der Waals surface area contributed by atoms with Crippen LogP contribution < -0.4 is 0 Å². The molecular formula is C15H15F3O2. The number of carbonyl (C=O) groups is 1. The summed E-state index contributed by atoms with van der Waals surface area (Å²) in [5, 5.41) is 0. The molecular weight excluding hydrogens is 269 g/mol. The molecule has 0 bridgehead atoms. The van der Waals surface area contributed by atoms with Gasteiger partial charge in [0, 0.05) is 6.42 Å². The zero-order chi connectivity index (χ0) is 14.8. The summed E-state index contributed by atoms with van der Waals surface area (Å²) in [6, 6.07) is 9.10. The molecule has 0 aliphatic carbocycles. The number of Topliss-reactive ketones (excluding diaryl/α,β-unsaturated/α-hetero) is 1. The molecule has 1 aliphatic heterocycles. The quantitative estimate of drug-likeness (QED) is 0.843. The minimum Gasteiger partial charge on any atom is -0.497 e. The van der Waals surface area contributed by atoms with Crippen LogP contribution in [-0.4, -0.2) is 18.6 Å². The minimum atomic E-state index is -4.87. The maximum Gasteiger partial charge on any atom is 0.451 e. The van der Waals surface area contributed by atoms with Crippen LogP contribution in [0.25, 0.3) is 0 Å². The Hall–Kier alpha value is -1.78. The highest BCUT2D eigenvalue weighted by Gasteiger charge is 2.56. The van der Waals surface area contributed by atoms with Gasteiger partial charge in [0.25, 0.3) is 0 Å². The van der Waals surface area contributed by atoms with Crippen LogP contribution in [0.15, 0.2) is 42.7 Å². The Morgan fingerprint density at radius 3 is 2.45 bits per heavy atom. The Kier molecular flexibility index (Phi) is 3.88. The molecule has 1 saturated heterocycles. The number of alkyl halides is 3. The fourth-order valence-corrected chi connectivity index (χ4v) is 2.52. The van der Waals surface area contributed by atoms with E-state index in [-0.39, 0.29) is 25.2 Å². The first-order valence-corrected chi connectivity index (χ1v) is 6.34. The van der Waals surface area contributed by atoms with E-state index in [1.54, 1.807) is 0 Å². The van der Waals surface area contributed by atoms with Crippen LogP contribution in [-0.2, 0) is 16.0 Å². The van der Waals surface area contributed by atoms with Gasteiger partial charge in [0.05, 0.1) is 12.0 Å². The lowest BCUT2D eigenvalue weighted by atomic mass is 9.75. The molecule has 0 aromatic heterocycles. The molecule has 1 heterocycles. The van der Waals surface area contributed by atoms with Crippen molar-refractivity contribution in [2.24, 2.45) is 5.41 Å². The molecule has 5 heteroatoms. The molecule has 1 fully saturated rings. The van der Waals surface area contributed by atoms with Crippen molar-refractivity contribution in [1.29, 1.82) is 0 Å². The Morgan fingerprint density at radius 1 is 1.30 bits per heavy atom. The van der Waals surface area contributed by atoms with Crippen molar-refractivity contribution >= 4 is 5.78 Å². The Morgan fingerprint density at radius 2 is 1.95 bits per heavy atom. The summed E-state index contributed by atoms with van der Waals surface area (Å²) in [6.07, 6.45) is -4.39. The number of carbonyl (C=O) groups excluding carboxylic acids is 1. The number of benzene rings is 1. The van der Waals surface area contributed by atoms with Gasteiger partial charge in [0.1, 0.15) is 5.76 Å². The maximum absolute atomic E-state index is 12.8. The number of hydrogen-bond donors (Lipinski definition) is 0. The summed E-state index contributed by atoms with van der Waals surface area (Å²) < 4.78 is 43.5. The van der Waals surface area contributed by atoms with Gasteiger partial charge in [-0.05, 0) is 18.4 Å². The zero-order valence-electron chi connectivity index (χ0n) is 10.9. The predicted molar refractivity (Wildman–Crippen MR) is 68.0 cm³/mol. The molecule has 108 valence electrons. The van der Waals surface area contributed by atoms with Gasteiger partial charge < -0.3 is 4.74 Å². The second kappa shape index (κ2) is 5.31. The molecule has 0 N–H and O–H groups in total. The van der Waals surface area contributed by atoms with Gasteiger partial charge in [-0.3, -0.25) is 4.79 Å². The average molecular weight is 284 g/mol. The largest absolute Gasteiger partial charge is 0.497 e. The lowest BCUT2D eigenvalue weighted by molar-refractivity contribution is -0.180. The molecule has 1 aromatic rings. The highest BCUT2D eigenvalue weighted by Crippen LogP contribution is 2.46. The van der Waals surface area contributed by atoms with E-state index in [1.807, 2.05) is 30.3 Å². The summed E-state index contributed by atoms with van der Waals surface area (Å²) in [5.74, 6) is -1.81. The van der Waals surface area contributed by atoms with E-state index in [1.165, 1.54) is 0 Å². The van der Waals surface area contributed by atoms with Crippen molar-refractivity contribution in [2.75, 3.05) is 6.61 Å². The molecule has 2 nitrogen and oxygen atoms in total. The smallest absolute Gasteiger partial charge is 0.451 e. The van der Waals surface area contributed by atoms with E-state index < -0.39 is 17.4 Å². The maximum atomic E-state index is 12.8.